The highest BCUT2D eigenvalue weighted by atomic mass is 19.4. The Morgan fingerprint density at radius 3 is 2.11 bits per heavy atom. The summed E-state index contributed by atoms with van der Waals surface area (Å²) in [6, 6.07) is 16.4. The summed E-state index contributed by atoms with van der Waals surface area (Å²) in [7, 11) is 0. The average molecular weight is 483 g/mol. The molecule has 35 heavy (non-hydrogen) atoms. The van der Waals surface area contributed by atoms with Crippen LogP contribution in [0.5, 0.6) is 5.75 Å². The molecule has 2 aromatic carbocycles. The highest BCUT2D eigenvalue weighted by molar-refractivity contribution is 5.96. The molecule has 3 aromatic rings. The first-order chi connectivity index (χ1) is 16.7. The van der Waals surface area contributed by atoms with Gasteiger partial charge in [-0.25, -0.2) is 0 Å². The van der Waals surface area contributed by atoms with Crippen LogP contribution in [0.2, 0.25) is 0 Å². The molecule has 0 radical (unpaired) electrons. The Hall–Kier alpha value is -3.75. The van der Waals surface area contributed by atoms with Gasteiger partial charge in [-0.3, -0.25) is 19.3 Å². The van der Waals surface area contributed by atoms with E-state index in [0.717, 1.165) is 53.0 Å². The van der Waals surface area contributed by atoms with Crippen molar-refractivity contribution in [1.29, 1.82) is 0 Å². The van der Waals surface area contributed by atoms with Crippen LogP contribution in [-0.2, 0) is 12.8 Å². The first-order valence-corrected chi connectivity index (χ1v) is 11.4. The number of nitrogens with zero attached hydrogens (tertiary/aromatic N) is 3. The van der Waals surface area contributed by atoms with Crippen molar-refractivity contribution in [2.45, 2.75) is 32.0 Å². The molecule has 1 aliphatic carbocycles. The van der Waals surface area contributed by atoms with Crippen molar-refractivity contribution < 1.29 is 23.1 Å². The largest absolute Gasteiger partial charge is 0.502 e. The number of hydrogen-bond acceptors (Lipinski definition) is 4. The SMILES string of the molecule is C[C@@H](CN1CN(C2c3ccccc3CCc3ccccc32)n2ccc(=O)c(O)c2C1=O)C(F)(F)F. The third-order valence-electron chi connectivity index (χ3n) is 6.85. The molecule has 1 N–H and O–H groups in total. The van der Waals surface area contributed by atoms with Crippen LogP contribution in [-0.4, -0.2) is 40.0 Å². The Bertz CT molecular complexity index is 1300. The maximum atomic E-state index is 13.4. The number of rotatable bonds is 3. The summed E-state index contributed by atoms with van der Waals surface area (Å²) < 4.78 is 41.7. The molecular formula is C26H24F3N3O3. The first kappa shape index (κ1) is 23.0. The van der Waals surface area contributed by atoms with Crippen molar-refractivity contribution in [1.82, 2.24) is 9.58 Å². The zero-order valence-electron chi connectivity index (χ0n) is 19.0. The lowest BCUT2D eigenvalue weighted by atomic mass is 9.94. The zero-order valence-corrected chi connectivity index (χ0v) is 19.0. The van der Waals surface area contributed by atoms with E-state index in [1.54, 1.807) is 5.01 Å². The minimum absolute atomic E-state index is 0.151. The quantitative estimate of drug-likeness (QED) is 0.612. The van der Waals surface area contributed by atoms with Gasteiger partial charge in [-0.15, -0.1) is 0 Å². The number of aromatic hydroxyl groups is 1. The van der Waals surface area contributed by atoms with Gasteiger partial charge in [0.1, 0.15) is 6.67 Å². The van der Waals surface area contributed by atoms with Gasteiger partial charge in [0, 0.05) is 18.8 Å². The van der Waals surface area contributed by atoms with Gasteiger partial charge in [-0.2, -0.15) is 13.2 Å². The maximum Gasteiger partial charge on any atom is 0.393 e. The standard InChI is InChI=1S/C26H24F3N3O3/c1-16(26(27,28)29)14-30-15-32(31-13-12-21(33)24(34)23(31)25(30)35)22-19-8-4-2-6-17(19)10-11-18-7-3-5-9-20(18)22/h2-9,12-13,16,22,34H,10-11,14-15H2,1H3/t16-/m0/s1. The summed E-state index contributed by atoms with van der Waals surface area (Å²) in [5.74, 6) is -3.38. The molecule has 2 aliphatic rings. The highest BCUT2D eigenvalue weighted by Crippen LogP contribution is 2.38. The molecular weight excluding hydrogens is 459 g/mol. The summed E-state index contributed by atoms with van der Waals surface area (Å²) >= 11 is 0. The van der Waals surface area contributed by atoms with Crippen LogP contribution < -0.4 is 10.4 Å². The van der Waals surface area contributed by atoms with E-state index in [2.05, 4.69) is 0 Å². The summed E-state index contributed by atoms with van der Waals surface area (Å²) in [4.78, 5) is 26.5. The van der Waals surface area contributed by atoms with Crippen molar-refractivity contribution in [2.75, 3.05) is 18.2 Å². The van der Waals surface area contributed by atoms with Crippen molar-refractivity contribution in [2.24, 2.45) is 5.92 Å². The lowest BCUT2D eigenvalue weighted by Gasteiger charge is -2.45. The van der Waals surface area contributed by atoms with Crippen LogP contribution >= 0.6 is 0 Å². The van der Waals surface area contributed by atoms with Crippen molar-refractivity contribution in [3.63, 3.8) is 0 Å². The molecule has 1 aliphatic heterocycles. The molecule has 1 aromatic heterocycles. The molecule has 182 valence electrons. The second-order valence-corrected chi connectivity index (χ2v) is 9.07. The molecule has 1 atom stereocenters. The second kappa shape index (κ2) is 8.48. The molecule has 0 saturated heterocycles. The van der Waals surface area contributed by atoms with Gasteiger partial charge in [-0.05, 0) is 35.1 Å². The van der Waals surface area contributed by atoms with E-state index in [-0.39, 0.29) is 12.4 Å². The number of aromatic nitrogens is 1. The third kappa shape index (κ3) is 3.94. The number of aryl methyl sites for hydroxylation is 2. The predicted octanol–water partition coefficient (Wildman–Crippen LogP) is 3.99. The molecule has 0 bridgehead atoms. The van der Waals surface area contributed by atoms with Crippen LogP contribution in [0.1, 0.15) is 45.7 Å². The third-order valence-corrected chi connectivity index (χ3v) is 6.85. The van der Waals surface area contributed by atoms with E-state index in [4.69, 9.17) is 0 Å². The van der Waals surface area contributed by atoms with E-state index >= 15 is 0 Å². The van der Waals surface area contributed by atoms with Gasteiger partial charge >= 0.3 is 6.18 Å². The smallest absolute Gasteiger partial charge is 0.393 e. The lowest BCUT2D eigenvalue weighted by Crippen LogP contribution is -2.57. The van der Waals surface area contributed by atoms with Gasteiger partial charge in [0.15, 0.2) is 11.4 Å². The van der Waals surface area contributed by atoms with Gasteiger partial charge in [-0.1, -0.05) is 55.5 Å². The molecule has 9 heteroatoms. The van der Waals surface area contributed by atoms with Gasteiger partial charge in [0.25, 0.3) is 5.91 Å². The number of pyridine rings is 1. The molecule has 0 unspecified atom stereocenters. The van der Waals surface area contributed by atoms with E-state index in [1.165, 1.54) is 10.9 Å². The number of amides is 1. The molecule has 1 amide bonds. The van der Waals surface area contributed by atoms with Gasteiger partial charge in [0.05, 0.1) is 12.0 Å². The Labute approximate surface area is 199 Å². The Balaban J connectivity index is 1.71. The minimum atomic E-state index is -4.50. The number of fused-ring (bicyclic) bond motifs is 3. The average Bonchev–Trinajstić information content (AvgIpc) is 2.99. The number of carbonyl (C=O) groups is 1. The molecule has 0 saturated carbocycles. The maximum absolute atomic E-state index is 13.4. The molecule has 2 heterocycles. The fourth-order valence-corrected chi connectivity index (χ4v) is 4.98. The number of halogens is 3. The van der Waals surface area contributed by atoms with Crippen LogP contribution in [0, 0.1) is 5.92 Å². The summed E-state index contributed by atoms with van der Waals surface area (Å²) in [6.45, 7) is 0.264. The Kier molecular flexibility index (Phi) is 5.57. The van der Waals surface area contributed by atoms with Crippen LogP contribution in [0.4, 0.5) is 13.2 Å². The fraction of sp³-hybridized carbons (Fsp3) is 0.308. The number of hydrogen-bond donors (Lipinski definition) is 1. The summed E-state index contributed by atoms with van der Waals surface area (Å²) in [5, 5.41) is 12.3. The fourth-order valence-electron chi connectivity index (χ4n) is 4.98. The second-order valence-electron chi connectivity index (χ2n) is 9.07. The van der Waals surface area contributed by atoms with Gasteiger partial charge in [0.2, 0.25) is 5.43 Å². The van der Waals surface area contributed by atoms with Crippen LogP contribution in [0.25, 0.3) is 0 Å². The Morgan fingerprint density at radius 2 is 1.54 bits per heavy atom. The normalized spacial score (nSPS) is 16.9. The van der Waals surface area contributed by atoms with E-state index in [0.29, 0.717) is 0 Å². The van der Waals surface area contributed by atoms with Crippen molar-refractivity contribution in [3.05, 3.63) is 99.0 Å². The molecule has 5 rings (SSSR count). The topological polar surface area (TPSA) is 65.8 Å². The zero-order chi connectivity index (χ0) is 24.9. The number of carbonyl (C=O) groups excluding carboxylic acids is 1. The first-order valence-electron chi connectivity index (χ1n) is 11.4. The summed E-state index contributed by atoms with van der Waals surface area (Å²) in [5.41, 5.74) is 2.99. The van der Waals surface area contributed by atoms with Crippen LogP contribution in [0.3, 0.4) is 0 Å². The van der Waals surface area contributed by atoms with Crippen LogP contribution in [0.15, 0.2) is 65.6 Å². The van der Waals surface area contributed by atoms with Crippen molar-refractivity contribution in [3.8, 4) is 5.75 Å². The predicted molar refractivity (Wildman–Crippen MR) is 124 cm³/mol. The molecule has 0 spiro atoms. The highest BCUT2D eigenvalue weighted by Gasteiger charge is 2.42. The van der Waals surface area contributed by atoms with E-state index in [9.17, 15) is 27.9 Å². The minimum Gasteiger partial charge on any atom is -0.502 e. The lowest BCUT2D eigenvalue weighted by molar-refractivity contribution is -0.172. The monoisotopic (exact) mass is 483 g/mol. The molecule has 0 fully saturated rings. The molecule has 6 nitrogen and oxygen atoms in total. The van der Waals surface area contributed by atoms with E-state index < -0.39 is 41.8 Å². The summed E-state index contributed by atoms with van der Waals surface area (Å²) in [6.07, 6.45) is -1.53. The number of benzene rings is 2. The van der Waals surface area contributed by atoms with Gasteiger partial charge < -0.3 is 10.0 Å². The van der Waals surface area contributed by atoms with E-state index in [1.807, 2.05) is 48.5 Å². The Morgan fingerprint density at radius 1 is 0.971 bits per heavy atom. The van der Waals surface area contributed by atoms with Crippen molar-refractivity contribution >= 4 is 5.91 Å². The number of alkyl halides is 3.